The molecule has 82 valence electrons. The summed E-state index contributed by atoms with van der Waals surface area (Å²) in [6, 6.07) is 2.39. The second-order valence-corrected chi connectivity index (χ2v) is 3.87. The molecule has 0 atom stereocenters. The van der Waals surface area contributed by atoms with E-state index in [1.807, 2.05) is 0 Å². The lowest BCUT2D eigenvalue weighted by atomic mass is 10.2. The van der Waals surface area contributed by atoms with E-state index in [-0.39, 0.29) is 5.91 Å². The quantitative estimate of drug-likeness (QED) is 0.712. The highest BCUT2D eigenvalue weighted by atomic mass is 16.3. The minimum Gasteiger partial charge on any atom is -0.469 e. The molecule has 1 amide bonds. The summed E-state index contributed by atoms with van der Waals surface area (Å²) in [5, 5.41) is 6.18. The van der Waals surface area contributed by atoms with Crippen LogP contribution < -0.4 is 10.6 Å². The summed E-state index contributed by atoms with van der Waals surface area (Å²) in [6.45, 7) is 3.30. The first kappa shape index (κ1) is 10.2. The summed E-state index contributed by atoms with van der Waals surface area (Å²) < 4.78 is 5.06. The molecular formula is C11H16N2O2. The van der Waals surface area contributed by atoms with Crippen molar-refractivity contribution < 1.29 is 9.21 Å². The summed E-state index contributed by atoms with van der Waals surface area (Å²) in [7, 11) is 0. The van der Waals surface area contributed by atoms with Crippen LogP contribution in [0.25, 0.3) is 0 Å². The van der Waals surface area contributed by atoms with E-state index >= 15 is 0 Å². The summed E-state index contributed by atoms with van der Waals surface area (Å²) in [5.74, 6) is 0.612. The van der Waals surface area contributed by atoms with Crippen LogP contribution in [0.2, 0.25) is 0 Å². The van der Waals surface area contributed by atoms with Gasteiger partial charge in [-0.3, -0.25) is 4.79 Å². The van der Waals surface area contributed by atoms with Gasteiger partial charge in [0.2, 0.25) is 0 Å². The molecule has 0 aliphatic heterocycles. The molecule has 1 fully saturated rings. The Labute approximate surface area is 89.0 Å². The zero-order valence-corrected chi connectivity index (χ0v) is 8.88. The van der Waals surface area contributed by atoms with Crippen LogP contribution in [0, 0.1) is 6.92 Å². The van der Waals surface area contributed by atoms with Gasteiger partial charge in [-0.15, -0.1) is 0 Å². The van der Waals surface area contributed by atoms with E-state index < -0.39 is 0 Å². The molecule has 1 aromatic rings. The fraction of sp³-hybridized carbons (Fsp3) is 0.545. The average molecular weight is 208 g/mol. The van der Waals surface area contributed by atoms with Crippen molar-refractivity contribution in [3.8, 4) is 0 Å². The maximum absolute atomic E-state index is 11.6. The Morgan fingerprint density at radius 2 is 2.33 bits per heavy atom. The molecule has 2 rings (SSSR count). The summed E-state index contributed by atoms with van der Waals surface area (Å²) in [6.07, 6.45) is 4.08. The van der Waals surface area contributed by atoms with E-state index in [9.17, 15) is 4.79 Å². The molecule has 1 aliphatic rings. The zero-order valence-electron chi connectivity index (χ0n) is 8.88. The second-order valence-electron chi connectivity index (χ2n) is 3.87. The Balaban J connectivity index is 1.69. The number of rotatable bonds is 5. The Morgan fingerprint density at radius 3 is 2.93 bits per heavy atom. The van der Waals surface area contributed by atoms with Crippen LogP contribution >= 0.6 is 0 Å². The average Bonchev–Trinajstić information content (AvgIpc) is 2.94. The van der Waals surface area contributed by atoms with Crippen molar-refractivity contribution in [1.82, 2.24) is 10.6 Å². The van der Waals surface area contributed by atoms with Gasteiger partial charge in [-0.25, -0.2) is 0 Å². The van der Waals surface area contributed by atoms with Crippen LogP contribution in [-0.4, -0.2) is 25.0 Å². The zero-order chi connectivity index (χ0) is 10.7. The normalized spacial score (nSPS) is 15.3. The largest absolute Gasteiger partial charge is 0.469 e. The number of carbonyl (C=O) groups is 1. The first-order valence-corrected chi connectivity index (χ1v) is 5.33. The van der Waals surface area contributed by atoms with E-state index in [4.69, 9.17) is 4.42 Å². The van der Waals surface area contributed by atoms with Crippen LogP contribution in [0.15, 0.2) is 16.7 Å². The smallest absolute Gasteiger partial charge is 0.254 e. The molecule has 4 heteroatoms. The van der Waals surface area contributed by atoms with E-state index in [1.54, 1.807) is 13.0 Å². The molecule has 4 nitrogen and oxygen atoms in total. The van der Waals surface area contributed by atoms with Crippen molar-refractivity contribution in [2.24, 2.45) is 0 Å². The fourth-order valence-corrected chi connectivity index (χ4v) is 1.46. The van der Waals surface area contributed by atoms with Gasteiger partial charge in [-0.2, -0.15) is 0 Å². The second kappa shape index (κ2) is 4.49. The lowest BCUT2D eigenvalue weighted by molar-refractivity contribution is 0.0952. The van der Waals surface area contributed by atoms with Crippen LogP contribution in [0.5, 0.6) is 0 Å². The molecule has 2 N–H and O–H groups in total. The van der Waals surface area contributed by atoms with Gasteiger partial charge in [0.15, 0.2) is 0 Å². The first-order chi connectivity index (χ1) is 7.27. The Hall–Kier alpha value is -1.29. The summed E-state index contributed by atoms with van der Waals surface area (Å²) in [4.78, 5) is 11.6. The highest BCUT2D eigenvalue weighted by Gasteiger charge is 2.19. The number of hydrogen-bond donors (Lipinski definition) is 2. The molecule has 0 spiro atoms. The maximum atomic E-state index is 11.6. The summed E-state index contributed by atoms with van der Waals surface area (Å²) in [5.41, 5.74) is 0.626. The summed E-state index contributed by atoms with van der Waals surface area (Å²) >= 11 is 0. The van der Waals surface area contributed by atoms with Gasteiger partial charge in [0.1, 0.15) is 5.76 Å². The predicted octanol–water partition coefficient (Wildman–Crippen LogP) is 1.07. The topological polar surface area (TPSA) is 54.3 Å². The van der Waals surface area contributed by atoms with Crippen LogP contribution in [0.4, 0.5) is 0 Å². The van der Waals surface area contributed by atoms with Gasteiger partial charge in [0, 0.05) is 19.1 Å². The van der Waals surface area contributed by atoms with E-state index in [2.05, 4.69) is 10.6 Å². The molecule has 0 saturated heterocycles. The number of hydrogen-bond acceptors (Lipinski definition) is 3. The van der Waals surface area contributed by atoms with Crippen LogP contribution in [0.3, 0.4) is 0 Å². The molecule has 0 bridgehead atoms. The molecule has 1 saturated carbocycles. The number of aryl methyl sites for hydroxylation is 1. The molecule has 15 heavy (non-hydrogen) atoms. The van der Waals surface area contributed by atoms with Gasteiger partial charge in [0.25, 0.3) is 5.91 Å². The molecule has 0 unspecified atom stereocenters. The Morgan fingerprint density at radius 1 is 1.53 bits per heavy atom. The Bertz CT molecular complexity index is 342. The highest BCUT2D eigenvalue weighted by Crippen LogP contribution is 2.17. The van der Waals surface area contributed by atoms with Gasteiger partial charge in [-0.1, -0.05) is 0 Å². The van der Waals surface area contributed by atoms with Crippen molar-refractivity contribution in [1.29, 1.82) is 0 Å². The standard InChI is InChI=1S/C11H16N2O2/c1-8-10(4-7-15-8)11(14)13-6-5-12-9-2-3-9/h4,7,9,12H,2-3,5-6H2,1H3,(H,13,14). The molecule has 0 aromatic carbocycles. The minimum absolute atomic E-state index is 0.0566. The van der Waals surface area contributed by atoms with Crippen molar-refractivity contribution in [2.45, 2.75) is 25.8 Å². The van der Waals surface area contributed by atoms with E-state index in [1.165, 1.54) is 19.1 Å². The third-order valence-corrected chi connectivity index (χ3v) is 2.52. The molecule has 1 aliphatic carbocycles. The first-order valence-electron chi connectivity index (χ1n) is 5.33. The highest BCUT2D eigenvalue weighted by molar-refractivity contribution is 5.94. The predicted molar refractivity (Wildman–Crippen MR) is 56.8 cm³/mol. The molecule has 0 radical (unpaired) electrons. The van der Waals surface area contributed by atoms with Gasteiger partial charge in [0.05, 0.1) is 11.8 Å². The lowest BCUT2D eigenvalue weighted by Gasteiger charge is -2.04. The van der Waals surface area contributed by atoms with Gasteiger partial charge >= 0.3 is 0 Å². The number of carbonyl (C=O) groups excluding carboxylic acids is 1. The number of furan rings is 1. The number of nitrogens with one attached hydrogen (secondary N) is 2. The van der Waals surface area contributed by atoms with Gasteiger partial charge in [-0.05, 0) is 25.8 Å². The SMILES string of the molecule is Cc1occc1C(=O)NCCNC1CC1. The monoisotopic (exact) mass is 208 g/mol. The maximum Gasteiger partial charge on any atom is 0.254 e. The Kier molecular flexibility index (Phi) is 3.06. The minimum atomic E-state index is -0.0566. The molecular weight excluding hydrogens is 192 g/mol. The van der Waals surface area contributed by atoms with E-state index in [0.717, 1.165) is 6.54 Å². The third-order valence-electron chi connectivity index (χ3n) is 2.52. The van der Waals surface area contributed by atoms with Crippen LogP contribution in [0.1, 0.15) is 29.0 Å². The fourth-order valence-electron chi connectivity index (χ4n) is 1.46. The van der Waals surface area contributed by atoms with E-state index in [0.29, 0.717) is 23.9 Å². The molecule has 1 heterocycles. The lowest BCUT2D eigenvalue weighted by Crippen LogP contribution is -2.32. The third kappa shape index (κ3) is 2.83. The van der Waals surface area contributed by atoms with Crippen molar-refractivity contribution >= 4 is 5.91 Å². The van der Waals surface area contributed by atoms with Crippen molar-refractivity contribution in [3.05, 3.63) is 23.7 Å². The van der Waals surface area contributed by atoms with Crippen molar-refractivity contribution in [2.75, 3.05) is 13.1 Å². The van der Waals surface area contributed by atoms with Crippen molar-refractivity contribution in [3.63, 3.8) is 0 Å². The number of amides is 1. The molecule has 1 aromatic heterocycles. The van der Waals surface area contributed by atoms with Gasteiger partial charge < -0.3 is 15.1 Å². The van der Waals surface area contributed by atoms with Crippen LogP contribution in [-0.2, 0) is 0 Å².